The second-order valence-electron chi connectivity index (χ2n) is 4.76. The van der Waals surface area contributed by atoms with Crippen molar-refractivity contribution in [2.24, 2.45) is 0 Å². The van der Waals surface area contributed by atoms with Crippen molar-refractivity contribution < 1.29 is 9.90 Å². The SMILES string of the molecule is CCN(CCCO)c1cc2c(cc1Br)C(NC)C(=O)N2. The molecule has 110 valence electrons. The molecule has 2 rings (SSSR count). The number of halogens is 1. The molecule has 0 spiro atoms. The Morgan fingerprint density at radius 2 is 2.25 bits per heavy atom. The van der Waals surface area contributed by atoms with E-state index in [1.54, 1.807) is 7.05 Å². The Morgan fingerprint density at radius 3 is 2.85 bits per heavy atom. The van der Waals surface area contributed by atoms with Gasteiger partial charge in [-0.1, -0.05) is 0 Å². The van der Waals surface area contributed by atoms with Crippen molar-refractivity contribution in [1.82, 2.24) is 5.32 Å². The first-order valence-corrected chi connectivity index (χ1v) is 7.59. The summed E-state index contributed by atoms with van der Waals surface area (Å²) in [7, 11) is 1.78. The Morgan fingerprint density at radius 1 is 1.50 bits per heavy atom. The van der Waals surface area contributed by atoms with Crippen LogP contribution in [0.3, 0.4) is 0 Å². The van der Waals surface area contributed by atoms with E-state index < -0.39 is 0 Å². The van der Waals surface area contributed by atoms with E-state index in [4.69, 9.17) is 5.11 Å². The molecule has 0 aliphatic carbocycles. The number of rotatable bonds is 6. The number of hydrogen-bond acceptors (Lipinski definition) is 4. The fourth-order valence-corrected chi connectivity index (χ4v) is 3.12. The van der Waals surface area contributed by atoms with Gasteiger partial charge in [-0.05, 0) is 48.5 Å². The van der Waals surface area contributed by atoms with Crippen molar-refractivity contribution in [3.05, 3.63) is 22.2 Å². The molecule has 0 bridgehead atoms. The van der Waals surface area contributed by atoms with E-state index in [0.29, 0.717) is 0 Å². The van der Waals surface area contributed by atoms with Crippen molar-refractivity contribution in [3.63, 3.8) is 0 Å². The lowest BCUT2D eigenvalue weighted by molar-refractivity contribution is -0.117. The first kappa shape index (κ1) is 15.3. The van der Waals surface area contributed by atoms with E-state index in [-0.39, 0.29) is 18.6 Å². The third kappa shape index (κ3) is 2.82. The minimum atomic E-state index is -0.289. The third-order valence-electron chi connectivity index (χ3n) is 3.55. The van der Waals surface area contributed by atoms with Crippen molar-refractivity contribution in [2.45, 2.75) is 19.4 Å². The molecule has 1 aromatic rings. The van der Waals surface area contributed by atoms with Gasteiger partial charge in [0.05, 0.1) is 5.69 Å². The highest BCUT2D eigenvalue weighted by molar-refractivity contribution is 9.10. The fourth-order valence-electron chi connectivity index (χ4n) is 2.51. The van der Waals surface area contributed by atoms with Crippen LogP contribution in [0.2, 0.25) is 0 Å². The van der Waals surface area contributed by atoms with Gasteiger partial charge >= 0.3 is 0 Å². The van der Waals surface area contributed by atoms with Crippen LogP contribution in [0.4, 0.5) is 11.4 Å². The minimum Gasteiger partial charge on any atom is -0.396 e. The number of hydrogen-bond donors (Lipinski definition) is 3. The third-order valence-corrected chi connectivity index (χ3v) is 4.18. The average Bonchev–Trinajstić information content (AvgIpc) is 2.74. The molecule has 1 atom stereocenters. The number of aliphatic hydroxyl groups excluding tert-OH is 1. The van der Waals surface area contributed by atoms with Crippen LogP contribution in [0, 0.1) is 0 Å². The van der Waals surface area contributed by atoms with Gasteiger partial charge < -0.3 is 20.6 Å². The molecule has 1 aliphatic rings. The standard InChI is InChI=1S/C14H20BrN3O2/c1-3-18(5-4-6-19)12-8-11-9(7-10(12)15)13(16-2)14(20)17-11/h7-8,13,16,19H,3-6H2,1-2H3,(H,17,20). The summed E-state index contributed by atoms with van der Waals surface area (Å²) in [6, 6.07) is 3.70. The highest BCUT2D eigenvalue weighted by Crippen LogP contribution is 2.38. The second kappa shape index (κ2) is 6.56. The molecule has 5 nitrogen and oxygen atoms in total. The monoisotopic (exact) mass is 341 g/mol. The molecule has 1 aromatic carbocycles. The Balaban J connectivity index is 2.33. The summed E-state index contributed by atoms with van der Waals surface area (Å²) in [5, 5.41) is 14.9. The van der Waals surface area contributed by atoms with Crippen LogP contribution >= 0.6 is 15.9 Å². The van der Waals surface area contributed by atoms with E-state index in [2.05, 4.69) is 38.4 Å². The Labute approximate surface area is 127 Å². The normalized spacial score (nSPS) is 17.0. The minimum absolute atomic E-state index is 0.0232. The molecule has 1 amide bonds. The maximum Gasteiger partial charge on any atom is 0.246 e. The Hall–Kier alpha value is -1.11. The van der Waals surface area contributed by atoms with Gasteiger partial charge in [-0.25, -0.2) is 0 Å². The number of aliphatic hydroxyl groups is 1. The van der Waals surface area contributed by atoms with Gasteiger partial charge in [0.15, 0.2) is 0 Å². The molecule has 1 aliphatic heterocycles. The van der Waals surface area contributed by atoms with Gasteiger partial charge in [0, 0.05) is 35.4 Å². The maximum atomic E-state index is 11.9. The van der Waals surface area contributed by atoms with Crippen LogP contribution in [0.1, 0.15) is 24.9 Å². The van der Waals surface area contributed by atoms with Crippen LogP contribution in [0.5, 0.6) is 0 Å². The highest BCUT2D eigenvalue weighted by Gasteiger charge is 2.30. The lowest BCUT2D eigenvalue weighted by Gasteiger charge is -2.25. The lowest BCUT2D eigenvalue weighted by atomic mass is 10.1. The summed E-state index contributed by atoms with van der Waals surface area (Å²) in [4.78, 5) is 14.0. The number of nitrogens with zero attached hydrogens (tertiary/aromatic N) is 1. The van der Waals surface area contributed by atoms with Gasteiger partial charge in [-0.15, -0.1) is 0 Å². The quantitative estimate of drug-likeness (QED) is 0.739. The number of carbonyl (C=O) groups excluding carboxylic acids is 1. The number of fused-ring (bicyclic) bond motifs is 1. The van der Waals surface area contributed by atoms with Gasteiger partial charge in [-0.3, -0.25) is 4.79 Å². The van der Waals surface area contributed by atoms with Crippen LogP contribution in [-0.4, -0.2) is 37.8 Å². The molecule has 0 radical (unpaired) electrons. The van der Waals surface area contributed by atoms with Gasteiger partial charge in [-0.2, -0.15) is 0 Å². The molecular formula is C14H20BrN3O2. The smallest absolute Gasteiger partial charge is 0.246 e. The maximum absolute atomic E-state index is 11.9. The summed E-state index contributed by atoms with van der Waals surface area (Å²) in [6.45, 7) is 3.89. The molecule has 0 saturated carbocycles. The number of amides is 1. The predicted octanol–water partition coefficient (Wildman–Crippen LogP) is 1.87. The zero-order valence-electron chi connectivity index (χ0n) is 11.7. The zero-order valence-corrected chi connectivity index (χ0v) is 13.3. The van der Waals surface area contributed by atoms with Crippen LogP contribution in [0.15, 0.2) is 16.6 Å². The number of nitrogens with one attached hydrogen (secondary N) is 2. The topological polar surface area (TPSA) is 64.6 Å². The average molecular weight is 342 g/mol. The molecule has 0 fully saturated rings. The number of carbonyl (C=O) groups is 1. The molecular weight excluding hydrogens is 322 g/mol. The molecule has 0 saturated heterocycles. The Bertz CT molecular complexity index is 507. The van der Waals surface area contributed by atoms with E-state index in [1.165, 1.54) is 0 Å². The van der Waals surface area contributed by atoms with E-state index in [1.807, 2.05) is 12.1 Å². The van der Waals surface area contributed by atoms with Gasteiger partial charge in [0.1, 0.15) is 6.04 Å². The molecule has 6 heteroatoms. The summed E-state index contributed by atoms with van der Waals surface area (Å²) >= 11 is 3.59. The molecule has 1 unspecified atom stereocenters. The van der Waals surface area contributed by atoms with E-state index in [9.17, 15) is 4.79 Å². The van der Waals surface area contributed by atoms with Crippen LogP contribution < -0.4 is 15.5 Å². The van der Waals surface area contributed by atoms with Crippen LogP contribution in [-0.2, 0) is 4.79 Å². The van der Waals surface area contributed by atoms with Crippen molar-refractivity contribution in [3.8, 4) is 0 Å². The summed E-state index contributed by atoms with van der Waals surface area (Å²) in [5.74, 6) is -0.0232. The first-order valence-electron chi connectivity index (χ1n) is 6.79. The number of benzene rings is 1. The number of likely N-dealkylation sites (N-methyl/N-ethyl adjacent to an activating group) is 1. The molecule has 20 heavy (non-hydrogen) atoms. The second-order valence-corrected chi connectivity index (χ2v) is 5.61. The van der Waals surface area contributed by atoms with E-state index in [0.717, 1.165) is 40.9 Å². The summed E-state index contributed by atoms with van der Waals surface area (Å²) in [6.07, 6.45) is 0.725. The molecule has 1 heterocycles. The summed E-state index contributed by atoms with van der Waals surface area (Å²) in [5.41, 5.74) is 2.86. The molecule has 3 N–H and O–H groups in total. The van der Waals surface area contributed by atoms with Gasteiger partial charge in [0.25, 0.3) is 0 Å². The largest absolute Gasteiger partial charge is 0.396 e. The lowest BCUT2D eigenvalue weighted by Crippen LogP contribution is -2.25. The predicted molar refractivity (Wildman–Crippen MR) is 84.2 cm³/mol. The zero-order chi connectivity index (χ0) is 14.7. The van der Waals surface area contributed by atoms with Crippen LogP contribution in [0.25, 0.3) is 0 Å². The van der Waals surface area contributed by atoms with Crippen molar-refractivity contribution in [1.29, 1.82) is 0 Å². The molecule has 0 aromatic heterocycles. The Kier molecular flexibility index (Phi) is 5.01. The summed E-state index contributed by atoms with van der Waals surface area (Å²) < 4.78 is 0.966. The van der Waals surface area contributed by atoms with Crippen molar-refractivity contribution in [2.75, 3.05) is 37.0 Å². The fraction of sp³-hybridized carbons (Fsp3) is 0.500. The highest BCUT2D eigenvalue weighted by atomic mass is 79.9. The van der Waals surface area contributed by atoms with Crippen molar-refractivity contribution >= 4 is 33.2 Å². The van der Waals surface area contributed by atoms with Gasteiger partial charge in [0.2, 0.25) is 5.91 Å². The van der Waals surface area contributed by atoms with E-state index >= 15 is 0 Å². The number of anilines is 2. The first-order chi connectivity index (χ1) is 9.62.